The second kappa shape index (κ2) is 13.7. The number of anilines is 1. The number of nitrogens with zero attached hydrogens (tertiary/aromatic N) is 4. The van der Waals surface area contributed by atoms with Gasteiger partial charge in [0.25, 0.3) is 0 Å². The number of aliphatic hydroxyl groups excluding tert-OH is 1. The van der Waals surface area contributed by atoms with Crippen molar-refractivity contribution in [1.82, 2.24) is 25.4 Å². The predicted octanol–water partition coefficient (Wildman–Crippen LogP) is 2.60. The Morgan fingerprint density at radius 2 is 2.08 bits per heavy atom. The molecule has 2 aromatic carbocycles. The summed E-state index contributed by atoms with van der Waals surface area (Å²) in [5.41, 5.74) is 2.64. The number of ether oxygens (including phenoxy) is 1. The van der Waals surface area contributed by atoms with E-state index in [-0.39, 0.29) is 31.2 Å². The van der Waals surface area contributed by atoms with Gasteiger partial charge in [0.05, 0.1) is 19.3 Å². The Morgan fingerprint density at radius 1 is 1.21 bits per heavy atom. The van der Waals surface area contributed by atoms with Crippen molar-refractivity contribution in [1.29, 1.82) is 0 Å². The second-order valence-corrected chi connectivity index (χ2v) is 9.99. The number of aromatic nitrogens is 3. The summed E-state index contributed by atoms with van der Waals surface area (Å²) in [4.78, 5) is 18.3. The van der Waals surface area contributed by atoms with Crippen molar-refractivity contribution in [2.45, 2.75) is 31.6 Å². The molecule has 0 aliphatic carbocycles. The maximum atomic E-state index is 14.4. The van der Waals surface area contributed by atoms with Gasteiger partial charge in [-0.1, -0.05) is 28.1 Å². The van der Waals surface area contributed by atoms with Crippen molar-refractivity contribution in [2.24, 2.45) is 0 Å². The average molecular weight is 593 g/mol. The van der Waals surface area contributed by atoms with Crippen molar-refractivity contribution in [3.05, 3.63) is 76.3 Å². The van der Waals surface area contributed by atoms with Crippen LogP contribution >= 0.6 is 15.9 Å². The van der Waals surface area contributed by atoms with Crippen LogP contribution in [0.15, 0.2) is 53.5 Å². The summed E-state index contributed by atoms with van der Waals surface area (Å²) in [5.74, 6) is -1.45. The summed E-state index contributed by atoms with van der Waals surface area (Å²) < 4.78 is 36.0. The van der Waals surface area contributed by atoms with E-state index < -0.39 is 23.8 Å². The van der Waals surface area contributed by atoms with Crippen LogP contribution < -0.4 is 15.5 Å². The lowest BCUT2D eigenvalue weighted by atomic mass is 10.1. The minimum atomic E-state index is -0.873. The third-order valence-electron chi connectivity index (χ3n) is 6.27. The monoisotopic (exact) mass is 592 g/mol. The maximum absolute atomic E-state index is 14.4. The fourth-order valence-electron chi connectivity index (χ4n) is 4.32. The standard InChI is InChI=1S/C26H31BrF2N6O3/c27-19-2-1-18-5-9-34(24(18)11-19)10-6-26(37)32-8-7-30-13-21(36)15-38-25(14-35-17-31-16-33-35)22-4-3-20(28)12-23(22)29/h1-4,11-12,16-17,21,25,30,36H,5-10,13-15H2,(H,32,37). The molecule has 2 unspecified atom stereocenters. The molecule has 1 aliphatic heterocycles. The normalized spacial score (nSPS) is 14.4. The van der Waals surface area contributed by atoms with Gasteiger partial charge < -0.3 is 25.4 Å². The molecular formula is C26H31BrF2N6O3. The van der Waals surface area contributed by atoms with Gasteiger partial charge in [0.1, 0.15) is 30.4 Å². The lowest BCUT2D eigenvalue weighted by Gasteiger charge is -2.21. The van der Waals surface area contributed by atoms with Gasteiger partial charge in [0.2, 0.25) is 5.91 Å². The third kappa shape index (κ3) is 8.03. The molecule has 1 aromatic heterocycles. The van der Waals surface area contributed by atoms with E-state index in [1.807, 2.05) is 6.07 Å². The topological polar surface area (TPSA) is 105 Å². The molecule has 204 valence electrons. The number of hydrogen-bond donors (Lipinski definition) is 3. The zero-order chi connectivity index (χ0) is 26.9. The number of aliphatic hydroxyl groups is 1. The Labute approximate surface area is 228 Å². The molecular weight excluding hydrogens is 562 g/mol. The van der Waals surface area contributed by atoms with E-state index in [2.05, 4.69) is 53.7 Å². The van der Waals surface area contributed by atoms with E-state index in [1.54, 1.807) is 0 Å². The molecule has 1 amide bonds. The highest BCUT2D eigenvalue weighted by atomic mass is 79.9. The summed E-state index contributed by atoms with van der Waals surface area (Å²) in [6, 6.07) is 9.51. The molecule has 1 aliphatic rings. The van der Waals surface area contributed by atoms with Gasteiger partial charge in [0, 0.05) is 60.9 Å². The Balaban J connectivity index is 1.13. The number of carbonyl (C=O) groups excluding carboxylic acids is 1. The molecule has 0 spiro atoms. The first-order valence-electron chi connectivity index (χ1n) is 12.5. The van der Waals surface area contributed by atoms with Gasteiger partial charge in [-0.05, 0) is 30.2 Å². The average Bonchev–Trinajstić information content (AvgIpc) is 3.55. The number of halogens is 3. The predicted molar refractivity (Wildman–Crippen MR) is 142 cm³/mol. The number of benzene rings is 2. The number of amides is 1. The number of nitrogens with one attached hydrogen (secondary N) is 2. The molecule has 2 atom stereocenters. The van der Waals surface area contributed by atoms with Gasteiger partial charge in [0.15, 0.2) is 0 Å². The molecule has 12 heteroatoms. The fraction of sp³-hybridized carbons (Fsp3) is 0.423. The van der Waals surface area contributed by atoms with Crippen LogP contribution in [0.25, 0.3) is 0 Å². The van der Waals surface area contributed by atoms with Crippen molar-refractivity contribution in [2.75, 3.05) is 44.2 Å². The summed E-state index contributed by atoms with van der Waals surface area (Å²) >= 11 is 3.50. The van der Waals surface area contributed by atoms with Gasteiger partial charge in [-0.3, -0.25) is 9.48 Å². The van der Waals surface area contributed by atoms with E-state index in [0.29, 0.717) is 26.1 Å². The summed E-state index contributed by atoms with van der Waals surface area (Å²) in [5, 5.41) is 20.3. The Kier molecular flexibility index (Phi) is 10.2. The van der Waals surface area contributed by atoms with Crippen molar-refractivity contribution in [3.63, 3.8) is 0 Å². The van der Waals surface area contributed by atoms with Crippen LogP contribution in [0.4, 0.5) is 14.5 Å². The molecule has 3 N–H and O–H groups in total. The van der Waals surface area contributed by atoms with E-state index in [4.69, 9.17) is 4.74 Å². The molecule has 0 radical (unpaired) electrons. The number of hydrogen-bond acceptors (Lipinski definition) is 7. The summed E-state index contributed by atoms with van der Waals surface area (Å²) in [7, 11) is 0. The third-order valence-corrected chi connectivity index (χ3v) is 6.76. The lowest BCUT2D eigenvalue weighted by molar-refractivity contribution is -0.120. The number of carbonyl (C=O) groups is 1. The van der Waals surface area contributed by atoms with Crippen LogP contribution in [0.2, 0.25) is 0 Å². The minimum absolute atomic E-state index is 0.0311. The number of fused-ring (bicyclic) bond motifs is 1. The Bertz CT molecular complexity index is 1200. The van der Waals surface area contributed by atoms with Crippen LogP contribution in [-0.4, -0.2) is 71.2 Å². The zero-order valence-corrected chi connectivity index (χ0v) is 22.4. The quantitative estimate of drug-likeness (QED) is 0.247. The van der Waals surface area contributed by atoms with Gasteiger partial charge in [-0.15, -0.1) is 0 Å². The van der Waals surface area contributed by atoms with E-state index >= 15 is 0 Å². The first-order valence-corrected chi connectivity index (χ1v) is 13.3. The minimum Gasteiger partial charge on any atom is -0.389 e. The largest absolute Gasteiger partial charge is 0.389 e. The molecule has 9 nitrogen and oxygen atoms in total. The van der Waals surface area contributed by atoms with Crippen LogP contribution in [0, 0.1) is 11.6 Å². The maximum Gasteiger partial charge on any atom is 0.221 e. The Morgan fingerprint density at radius 3 is 2.87 bits per heavy atom. The van der Waals surface area contributed by atoms with Gasteiger partial charge in [-0.2, -0.15) is 5.10 Å². The summed E-state index contributed by atoms with van der Waals surface area (Å²) in [6.07, 6.45) is 2.53. The van der Waals surface area contributed by atoms with Crippen molar-refractivity contribution in [3.8, 4) is 0 Å². The van der Waals surface area contributed by atoms with Crippen LogP contribution in [0.5, 0.6) is 0 Å². The molecule has 38 heavy (non-hydrogen) atoms. The molecule has 3 aromatic rings. The van der Waals surface area contributed by atoms with Crippen LogP contribution in [0.3, 0.4) is 0 Å². The SMILES string of the molecule is O=C(CCN1CCc2ccc(Br)cc21)NCCNCC(O)COC(Cn1cncn1)c1ccc(F)cc1F. The van der Waals surface area contributed by atoms with E-state index in [1.165, 1.54) is 34.7 Å². The second-order valence-electron chi connectivity index (χ2n) is 9.07. The first kappa shape index (κ1) is 28.1. The highest BCUT2D eigenvalue weighted by Gasteiger charge is 2.21. The van der Waals surface area contributed by atoms with Gasteiger partial charge >= 0.3 is 0 Å². The lowest BCUT2D eigenvalue weighted by Crippen LogP contribution is -2.37. The smallest absolute Gasteiger partial charge is 0.221 e. The van der Waals surface area contributed by atoms with Gasteiger partial charge in [-0.25, -0.2) is 13.8 Å². The number of rotatable bonds is 14. The summed E-state index contributed by atoms with van der Waals surface area (Å²) in [6.45, 7) is 2.74. The first-order chi connectivity index (χ1) is 18.4. The fourth-order valence-corrected chi connectivity index (χ4v) is 4.67. The Hall–Kier alpha value is -2.93. The van der Waals surface area contributed by atoms with Crippen LogP contribution in [-0.2, 0) is 22.5 Å². The molecule has 0 saturated carbocycles. The molecule has 4 rings (SSSR count). The van der Waals surface area contributed by atoms with Crippen LogP contribution in [0.1, 0.15) is 23.7 Å². The zero-order valence-electron chi connectivity index (χ0n) is 20.8. The molecule has 0 saturated heterocycles. The molecule has 0 fully saturated rings. The van der Waals surface area contributed by atoms with E-state index in [9.17, 15) is 18.7 Å². The highest BCUT2D eigenvalue weighted by molar-refractivity contribution is 9.10. The van der Waals surface area contributed by atoms with Crippen molar-refractivity contribution >= 4 is 27.5 Å². The highest BCUT2D eigenvalue weighted by Crippen LogP contribution is 2.30. The van der Waals surface area contributed by atoms with Crippen molar-refractivity contribution < 1.29 is 23.4 Å². The van der Waals surface area contributed by atoms with E-state index in [0.717, 1.165) is 29.6 Å². The molecule has 2 heterocycles. The molecule has 0 bridgehead atoms.